The SMILES string of the molecule is Cc1cc(=O)n(CC#N)c(C)n1. The Morgan fingerprint density at radius 1 is 1.67 bits per heavy atom. The zero-order valence-corrected chi connectivity index (χ0v) is 7.03. The predicted molar refractivity (Wildman–Crippen MR) is 43.6 cm³/mol. The van der Waals surface area contributed by atoms with Gasteiger partial charge in [0.15, 0.2) is 0 Å². The lowest BCUT2D eigenvalue weighted by Crippen LogP contribution is -2.22. The van der Waals surface area contributed by atoms with Crippen molar-refractivity contribution in [1.82, 2.24) is 9.55 Å². The minimum absolute atomic E-state index is 0.0674. The highest BCUT2D eigenvalue weighted by molar-refractivity contribution is 5.02. The average molecular weight is 163 g/mol. The Bertz CT molecular complexity index is 386. The summed E-state index contributed by atoms with van der Waals surface area (Å²) < 4.78 is 1.34. The first-order valence-electron chi connectivity index (χ1n) is 3.57. The third-order valence-electron chi connectivity index (χ3n) is 1.56. The van der Waals surface area contributed by atoms with Crippen molar-refractivity contribution in [1.29, 1.82) is 5.26 Å². The standard InChI is InChI=1S/C8H9N3O/c1-6-5-8(12)11(4-3-9)7(2)10-6/h5H,4H2,1-2H3. The molecule has 0 saturated carbocycles. The molecule has 0 aliphatic carbocycles. The molecule has 0 aliphatic rings. The second-order valence-corrected chi connectivity index (χ2v) is 2.53. The maximum Gasteiger partial charge on any atom is 0.254 e. The topological polar surface area (TPSA) is 58.7 Å². The molecular formula is C8H9N3O. The predicted octanol–water partition coefficient (Wildman–Crippen LogP) is 0.384. The second kappa shape index (κ2) is 3.18. The second-order valence-electron chi connectivity index (χ2n) is 2.53. The molecule has 0 atom stereocenters. The minimum Gasteiger partial charge on any atom is -0.283 e. The van der Waals surface area contributed by atoms with E-state index in [1.165, 1.54) is 10.6 Å². The molecule has 0 fully saturated rings. The van der Waals surface area contributed by atoms with Crippen LogP contribution in [0.3, 0.4) is 0 Å². The van der Waals surface area contributed by atoms with Gasteiger partial charge in [0.05, 0.1) is 6.07 Å². The fraction of sp³-hybridized carbons (Fsp3) is 0.375. The molecule has 0 radical (unpaired) electrons. The van der Waals surface area contributed by atoms with Crippen LogP contribution < -0.4 is 5.56 Å². The summed E-state index contributed by atoms with van der Waals surface area (Å²) in [6, 6.07) is 3.33. The smallest absolute Gasteiger partial charge is 0.254 e. The summed E-state index contributed by atoms with van der Waals surface area (Å²) in [6.07, 6.45) is 0. The molecule has 0 bridgehead atoms. The zero-order chi connectivity index (χ0) is 9.14. The van der Waals surface area contributed by atoms with Crippen LogP contribution in [-0.2, 0) is 6.54 Å². The number of aromatic nitrogens is 2. The van der Waals surface area contributed by atoms with Crippen LogP contribution in [-0.4, -0.2) is 9.55 Å². The molecule has 0 amide bonds. The minimum atomic E-state index is -0.165. The van der Waals surface area contributed by atoms with Crippen molar-refractivity contribution in [3.05, 3.63) is 27.9 Å². The molecular weight excluding hydrogens is 154 g/mol. The van der Waals surface area contributed by atoms with E-state index in [4.69, 9.17) is 5.26 Å². The molecule has 1 rings (SSSR count). The molecule has 0 aliphatic heterocycles. The lowest BCUT2D eigenvalue weighted by atomic mass is 10.4. The maximum absolute atomic E-state index is 11.2. The molecule has 0 spiro atoms. The van der Waals surface area contributed by atoms with Gasteiger partial charge in [-0.1, -0.05) is 0 Å². The number of aryl methyl sites for hydroxylation is 2. The van der Waals surface area contributed by atoms with Gasteiger partial charge in [-0.05, 0) is 13.8 Å². The van der Waals surface area contributed by atoms with E-state index in [0.29, 0.717) is 11.5 Å². The highest BCUT2D eigenvalue weighted by Crippen LogP contribution is 1.91. The van der Waals surface area contributed by atoms with Crippen molar-refractivity contribution in [2.24, 2.45) is 0 Å². The van der Waals surface area contributed by atoms with E-state index in [9.17, 15) is 4.79 Å². The van der Waals surface area contributed by atoms with E-state index < -0.39 is 0 Å². The quantitative estimate of drug-likeness (QED) is 0.601. The Morgan fingerprint density at radius 3 is 2.83 bits per heavy atom. The van der Waals surface area contributed by atoms with Gasteiger partial charge in [0.1, 0.15) is 12.4 Å². The van der Waals surface area contributed by atoms with Crippen molar-refractivity contribution in [3.8, 4) is 6.07 Å². The van der Waals surface area contributed by atoms with E-state index in [0.717, 1.165) is 0 Å². The van der Waals surface area contributed by atoms with Gasteiger partial charge in [0.2, 0.25) is 0 Å². The van der Waals surface area contributed by atoms with Crippen LogP contribution >= 0.6 is 0 Å². The van der Waals surface area contributed by atoms with Crippen molar-refractivity contribution >= 4 is 0 Å². The van der Waals surface area contributed by atoms with E-state index in [1.54, 1.807) is 13.8 Å². The van der Waals surface area contributed by atoms with Gasteiger partial charge in [-0.2, -0.15) is 5.26 Å². The first kappa shape index (κ1) is 8.47. The summed E-state index contributed by atoms with van der Waals surface area (Å²) in [5, 5.41) is 8.40. The first-order chi connectivity index (χ1) is 5.65. The van der Waals surface area contributed by atoms with Crippen LogP contribution in [0.5, 0.6) is 0 Å². The van der Waals surface area contributed by atoms with Crippen LogP contribution in [0.25, 0.3) is 0 Å². The van der Waals surface area contributed by atoms with Gasteiger partial charge in [0.25, 0.3) is 5.56 Å². The van der Waals surface area contributed by atoms with Crippen LogP contribution in [0.2, 0.25) is 0 Å². The van der Waals surface area contributed by atoms with Gasteiger partial charge in [-0.15, -0.1) is 0 Å². The zero-order valence-electron chi connectivity index (χ0n) is 7.03. The third-order valence-corrected chi connectivity index (χ3v) is 1.56. The Hall–Kier alpha value is -1.63. The fourth-order valence-corrected chi connectivity index (χ4v) is 1.03. The monoisotopic (exact) mass is 163 g/mol. The maximum atomic E-state index is 11.2. The third kappa shape index (κ3) is 1.51. The molecule has 4 nitrogen and oxygen atoms in total. The summed E-state index contributed by atoms with van der Waals surface area (Å²) in [5.41, 5.74) is 0.522. The lowest BCUT2D eigenvalue weighted by Gasteiger charge is -2.03. The largest absolute Gasteiger partial charge is 0.283 e. The van der Waals surface area contributed by atoms with Gasteiger partial charge in [0, 0.05) is 11.8 Å². The van der Waals surface area contributed by atoms with Gasteiger partial charge in [-0.3, -0.25) is 9.36 Å². The first-order valence-corrected chi connectivity index (χ1v) is 3.57. The molecule has 1 aromatic rings. The van der Waals surface area contributed by atoms with Crippen LogP contribution in [0.4, 0.5) is 0 Å². The number of nitriles is 1. The summed E-state index contributed by atoms with van der Waals surface area (Å²) >= 11 is 0. The fourth-order valence-electron chi connectivity index (χ4n) is 1.03. The lowest BCUT2D eigenvalue weighted by molar-refractivity contribution is 0.715. The van der Waals surface area contributed by atoms with Crippen molar-refractivity contribution in [2.45, 2.75) is 20.4 Å². The summed E-state index contributed by atoms with van der Waals surface area (Å²) in [6.45, 7) is 3.54. The van der Waals surface area contributed by atoms with Crippen LogP contribution in [0.1, 0.15) is 11.5 Å². The normalized spacial score (nSPS) is 9.42. The number of rotatable bonds is 1. The van der Waals surface area contributed by atoms with E-state index in [2.05, 4.69) is 4.98 Å². The number of nitrogens with zero attached hydrogens (tertiary/aromatic N) is 3. The Morgan fingerprint density at radius 2 is 2.33 bits per heavy atom. The molecule has 0 aromatic carbocycles. The molecule has 1 aromatic heterocycles. The Balaban J connectivity index is 3.31. The number of hydrogen-bond donors (Lipinski definition) is 0. The van der Waals surface area contributed by atoms with Gasteiger partial charge < -0.3 is 0 Å². The average Bonchev–Trinajstić information content (AvgIpc) is 1.96. The Kier molecular flexibility index (Phi) is 2.24. The van der Waals surface area contributed by atoms with Crippen molar-refractivity contribution in [2.75, 3.05) is 0 Å². The van der Waals surface area contributed by atoms with Gasteiger partial charge in [-0.25, -0.2) is 4.98 Å². The summed E-state index contributed by atoms with van der Waals surface area (Å²) in [7, 11) is 0. The molecule has 4 heteroatoms. The van der Waals surface area contributed by atoms with E-state index in [1.807, 2.05) is 6.07 Å². The van der Waals surface area contributed by atoms with Crippen LogP contribution in [0.15, 0.2) is 10.9 Å². The highest BCUT2D eigenvalue weighted by Gasteiger charge is 2.00. The van der Waals surface area contributed by atoms with Crippen LogP contribution in [0, 0.1) is 25.2 Å². The van der Waals surface area contributed by atoms with Crippen molar-refractivity contribution < 1.29 is 0 Å². The highest BCUT2D eigenvalue weighted by atomic mass is 16.1. The Labute approximate surface area is 70.1 Å². The van der Waals surface area contributed by atoms with E-state index >= 15 is 0 Å². The van der Waals surface area contributed by atoms with E-state index in [-0.39, 0.29) is 12.1 Å². The molecule has 0 unspecified atom stereocenters. The molecule has 1 heterocycles. The summed E-state index contributed by atoms with van der Waals surface area (Å²) in [5.74, 6) is 0.585. The number of hydrogen-bond acceptors (Lipinski definition) is 3. The molecule has 0 saturated heterocycles. The van der Waals surface area contributed by atoms with Gasteiger partial charge >= 0.3 is 0 Å². The van der Waals surface area contributed by atoms with Crippen molar-refractivity contribution in [3.63, 3.8) is 0 Å². The summed E-state index contributed by atoms with van der Waals surface area (Å²) in [4.78, 5) is 15.3. The molecule has 12 heavy (non-hydrogen) atoms. The molecule has 0 N–H and O–H groups in total. The molecule has 62 valence electrons.